The molecule has 0 radical (unpaired) electrons. The molecule has 1 heterocycles. The van der Waals surface area contributed by atoms with Gasteiger partial charge in [-0.2, -0.15) is 0 Å². The summed E-state index contributed by atoms with van der Waals surface area (Å²) in [5.74, 6) is -2.41. The molecule has 1 saturated heterocycles. The molecular formula is C18H25BN2O6. The van der Waals surface area contributed by atoms with Crippen molar-refractivity contribution in [3.8, 4) is 0 Å². The second-order valence-corrected chi connectivity index (χ2v) is 6.54. The number of carbonyl (C=O) groups excluding carboxylic acids is 3. The van der Waals surface area contributed by atoms with Gasteiger partial charge in [0.1, 0.15) is 6.04 Å². The van der Waals surface area contributed by atoms with Crippen molar-refractivity contribution in [1.82, 2.24) is 10.2 Å². The molecule has 146 valence electrons. The zero-order valence-corrected chi connectivity index (χ0v) is 15.3. The molecule has 27 heavy (non-hydrogen) atoms. The quantitative estimate of drug-likeness (QED) is 0.380. The maximum absolute atomic E-state index is 12.6. The largest absolute Gasteiger partial charge is 0.475 e. The van der Waals surface area contributed by atoms with E-state index in [-0.39, 0.29) is 19.4 Å². The Morgan fingerprint density at radius 2 is 1.85 bits per heavy atom. The van der Waals surface area contributed by atoms with Crippen LogP contribution in [0.1, 0.15) is 31.2 Å². The lowest BCUT2D eigenvalue weighted by atomic mass is 9.76. The summed E-state index contributed by atoms with van der Waals surface area (Å²) in [7, 11) is -0.387. The monoisotopic (exact) mass is 376 g/mol. The van der Waals surface area contributed by atoms with Gasteiger partial charge in [0.15, 0.2) is 0 Å². The van der Waals surface area contributed by atoms with Gasteiger partial charge in [-0.1, -0.05) is 30.3 Å². The smallest absolute Gasteiger partial charge is 0.426 e. The molecule has 1 aromatic carbocycles. The topological polar surface area (TPSA) is 116 Å². The average molecular weight is 376 g/mol. The summed E-state index contributed by atoms with van der Waals surface area (Å²) in [6.07, 6.45) is 1.82. The molecule has 0 saturated carbocycles. The predicted molar refractivity (Wildman–Crippen MR) is 98.3 cm³/mol. The second kappa shape index (κ2) is 10.2. The summed E-state index contributed by atoms with van der Waals surface area (Å²) in [5, 5.41) is 21.7. The van der Waals surface area contributed by atoms with Gasteiger partial charge in [-0.05, 0) is 24.8 Å². The van der Waals surface area contributed by atoms with Crippen LogP contribution >= 0.6 is 0 Å². The molecule has 1 aliphatic rings. The zero-order chi connectivity index (χ0) is 19.8. The van der Waals surface area contributed by atoms with Gasteiger partial charge in [-0.3, -0.25) is 19.3 Å². The Hall–Kier alpha value is -2.23. The van der Waals surface area contributed by atoms with Crippen molar-refractivity contribution in [1.29, 1.82) is 0 Å². The fourth-order valence-electron chi connectivity index (χ4n) is 3.11. The number of amides is 3. The van der Waals surface area contributed by atoms with Crippen LogP contribution in [0.25, 0.3) is 0 Å². The van der Waals surface area contributed by atoms with Gasteiger partial charge in [0, 0.05) is 20.0 Å². The van der Waals surface area contributed by atoms with Crippen LogP contribution in [0, 0.1) is 0 Å². The molecule has 0 aromatic heterocycles. The van der Waals surface area contributed by atoms with E-state index in [1.165, 1.54) is 7.11 Å². The summed E-state index contributed by atoms with van der Waals surface area (Å²) < 4.78 is 4.98. The Morgan fingerprint density at radius 1 is 1.22 bits per heavy atom. The highest BCUT2D eigenvalue weighted by molar-refractivity contribution is 6.43. The Balaban J connectivity index is 1.96. The van der Waals surface area contributed by atoms with Crippen LogP contribution in [0.3, 0.4) is 0 Å². The highest BCUT2D eigenvalue weighted by Crippen LogP contribution is 2.16. The minimum absolute atomic E-state index is 0.0649. The normalized spacial score (nSPS) is 16.3. The molecule has 0 bridgehead atoms. The van der Waals surface area contributed by atoms with E-state index in [4.69, 9.17) is 4.74 Å². The molecule has 3 N–H and O–H groups in total. The van der Waals surface area contributed by atoms with Crippen LogP contribution in [0.5, 0.6) is 0 Å². The maximum atomic E-state index is 12.6. The Labute approximate surface area is 158 Å². The van der Waals surface area contributed by atoms with Crippen molar-refractivity contribution < 1.29 is 29.2 Å². The van der Waals surface area contributed by atoms with Crippen LogP contribution in [-0.2, 0) is 25.5 Å². The minimum Gasteiger partial charge on any atom is -0.426 e. The van der Waals surface area contributed by atoms with Gasteiger partial charge in [0.2, 0.25) is 17.7 Å². The lowest BCUT2D eigenvalue weighted by molar-refractivity contribution is -0.148. The first-order chi connectivity index (χ1) is 12.9. The van der Waals surface area contributed by atoms with E-state index in [0.29, 0.717) is 12.8 Å². The fraction of sp³-hybridized carbons (Fsp3) is 0.500. The highest BCUT2D eigenvalue weighted by Gasteiger charge is 2.40. The molecule has 1 aliphatic heterocycles. The third kappa shape index (κ3) is 5.88. The number of aryl methyl sites for hydroxylation is 1. The first-order valence-electron chi connectivity index (χ1n) is 8.98. The molecule has 0 aliphatic carbocycles. The fourth-order valence-corrected chi connectivity index (χ4v) is 3.11. The third-order valence-corrected chi connectivity index (χ3v) is 4.54. The number of hydrogen-bond donors (Lipinski definition) is 3. The number of benzene rings is 1. The summed E-state index contributed by atoms with van der Waals surface area (Å²) in [6, 6.07) is 8.60. The van der Waals surface area contributed by atoms with Crippen LogP contribution in [0.15, 0.2) is 30.3 Å². The molecule has 9 heteroatoms. The maximum Gasteiger partial charge on any atom is 0.475 e. The van der Waals surface area contributed by atoms with Gasteiger partial charge in [0.25, 0.3) is 0 Å². The number of methoxy groups -OCH3 is 1. The van der Waals surface area contributed by atoms with E-state index in [2.05, 4.69) is 5.32 Å². The summed E-state index contributed by atoms with van der Waals surface area (Å²) >= 11 is 0. The number of carbonyl (C=O) groups is 3. The summed E-state index contributed by atoms with van der Waals surface area (Å²) in [6.45, 7) is -0.151. The number of nitrogens with one attached hydrogen (secondary N) is 1. The molecule has 1 aromatic rings. The van der Waals surface area contributed by atoms with Crippen molar-refractivity contribution >= 4 is 24.8 Å². The van der Waals surface area contributed by atoms with Crippen LogP contribution in [-0.4, -0.2) is 65.5 Å². The number of ether oxygens (including phenoxy) is 1. The average Bonchev–Trinajstić information content (AvgIpc) is 2.98. The van der Waals surface area contributed by atoms with E-state index in [1.54, 1.807) is 0 Å². The Kier molecular flexibility index (Phi) is 7.96. The summed E-state index contributed by atoms with van der Waals surface area (Å²) in [5.41, 5.74) is 1.11. The number of hydrogen-bond acceptors (Lipinski definition) is 6. The van der Waals surface area contributed by atoms with Gasteiger partial charge in [-0.15, -0.1) is 0 Å². The van der Waals surface area contributed by atoms with Crippen molar-refractivity contribution in [2.75, 3.05) is 13.7 Å². The number of rotatable bonds is 10. The van der Waals surface area contributed by atoms with Crippen molar-refractivity contribution in [2.45, 2.75) is 44.1 Å². The molecule has 2 atom stereocenters. The van der Waals surface area contributed by atoms with E-state index in [0.717, 1.165) is 16.9 Å². The van der Waals surface area contributed by atoms with Crippen molar-refractivity contribution in [2.24, 2.45) is 0 Å². The summed E-state index contributed by atoms with van der Waals surface area (Å²) in [4.78, 5) is 37.4. The first-order valence-corrected chi connectivity index (χ1v) is 8.98. The van der Waals surface area contributed by atoms with E-state index in [9.17, 15) is 24.4 Å². The number of likely N-dealkylation sites (tertiary alicyclic amines) is 1. The molecule has 3 amide bonds. The van der Waals surface area contributed by atoms with Gasteiger partial charge >= 0.3 is 7.12 Å². The van der Waals surface area contributed by atoms with E-state index < -0.39 is 36.8 Å². The van der Waals surface area contributed by atoms with Crippen LogP contribution in [0.2, 0.25) is 0 Å². The number of imide groups is 1. The molecule has 2 unspecified atom stereocenters. The lowest BCUT2D eigenvalue weighted by Gasteiger charge is -2.27. The van der Waals surface area contributed by atoms with Gasteiger partial charge < -0.3 is 20.1 Å². The predicted octanol–water partition coefficient (Wildman–Crippen LogP) is -0.330. The van der Waals surface area contributed by atoms with E-state index in [1.807, 2.05) is 30.3 Å². The first kappa shape index (κ1) is 21.1. The molecule has 0 spiro atoms. The second-order valence-electron chi connectivity index (χ2n) is 6.54. The third-order valence-electron chi connectivity index (χ3n) is 4.54. The van der Waals surface area contributed by atoms with E-state index >= 15 is 0 Å². The zero-order valence-electron chi connectivity index (χ0n) is 15.3. The van der Waals surface area contributed by atoms with Crippen LogP contribution < -0.4 is 5.32 Å². The molecular weight excluding hydrogens is 351 g/mol. The highest BCUT2D eigenvalue weighted by atomic mass is 16.5. The molecule has 8 nitrogen and oxygen atoms in total. The Bertz CT molecular complexity index is 639. The van der Waals surface area contributed by atoms with Crippen molar-refractivity contribution in [3.63, 3.8) is 0 Å². The standard InChI is InChI=1S/C18H25BN2O6/c1-27-12-14(21-16(22)10-11-17(21)23)18(24)20-15(19(25)26)9-5-8-13-6-3-2-4-7-13/h2-4,6-7,14-15,25-26H,5,8-12H2,1H3,(H,20,24). The van der Waals surface area contributed by atoms with Gasteiger partial charge in [-0.25, -0.2) is 0 Å². The van der Waals surface area contributed by atoms with Crippen LogP contribution in [0.4, 0.5) is 0 Å². The van der Waals surface area contributed by atoms with Crippen molar-refractivity contribution in [3.05, 3.63) is 35.9 Å². The number of nitrogens with zero attached hydrogens (tertiary/aromatic N) is 1. The Morgan fingerprint density at radius 3 is 2.41 bits per heavy atom. The molecule has 1 fully saturated rings. The SMILES string of the molecule is COCC(C(=O)NC(CCCc1ccccc1)B(O)O)N1C(=O)CCC1=O. The molecule has 2 rings (SSSR count). The van der Waals surface area contributed by atoms with Gasteiger partial charge in [0.05, 0.1) is 12.5 Å². The minimum atomic E-state index is -1.75. The lowest BCUT2D eigenvalue weighted by Crippen LogP contribution is -2.56.